The molecule has 0 unspecified atom stereocenters. The van der Waals surface area contributed by atoms with Crippen LogP contribution in [-0.2, 0) is 10.0 Å². The van der Waals surface area contributed by atoms with Crippen LogP contribution >= 0.6 is 0 Å². The van der Waals surface area contributed by atoms with Gasteiger partial charge in [-0.2, -0.15) is 4.31 Å². The molecule has 0 aliphatic carbocycles. The van der Waals surface area contributed by atoms with Crippen LogP contribution < -0.4 is 4.90 Å². The molecule has 146 valence electrons. The normalized spacial score (nSPS) is 21.0. The van der Waals surface area contributed by atoms with Crippen LogP contribution in [0.2, 0.25) is 0 Å². The van der Waals surface area contributed by atoms with Crippen molar-refractivity contribution in [3.05, 3.63) is 30.3 Å². The van der Waals surface area contributed by atoms with E-state index in [1.165, 1.54) is 12.8 Å². The molecule has 6 heteroatoms. The molecule has 2 aliphatic heterocycles. The summed E-state index contributed by atoms with van der Waals surface area (Å²) in [5.74, 6) is 2.38. The fourth-order valence-electron chi connectivity index (χ4n) is 4.04. The van der Waals surface area contributed by atoms with Crippen molar-refractivity contribution in [2.24, 2.45) is 11.8 Å². The summed E-state index contributed by atoms with van der Waals surface area (Å²) in [6.07, 6.45) is 4.27. The van der Waals surface area contributed by atoms with Crippen molar-refractivity contribution >= 4 is 26.7 Å². The Bertz CT molecular complexity index is 912. The van der Waals surface area contributed by atoms with Crippen molar-refractivity contribution in [2.75, 3.05) is 31.1 Å². The summed E-state index contributed by atoms with van der Waals surface area (Å²) in [7, 11) is -3.42. The maximum Gasteiger partial charge on any atom is 0.243 e. The molecule has 0 radical (unpaired) electrons. The van der Waals surface area contributed by atoms with Gasteiger partial charge in [0.2, 0.25) is 10.0 Å². The van der Waals surface area contributed by atoms with E-state index < -0.39 is 10.0 Å². The van der Waals surface area contributed by atoms with Gasteiger partial charge in [0.05, 0.1) is 10.4 Å². The van der Waals surface area contributed by atoms with Crippen LogP contribution in [0.4, 0.5) is 5.82 Å². The molecule has 2 aliphatic rings. The van der Waals surface area contributed by atoms with E-state index >= 15 is 0 Å². The fraction of sp³-hybridized carbons (Fsp3) is 0.571. The number of hydrogen-bond donors (Lipinski definition) is 0. The van der Waals surface area contributed by atoms with Gasteiger partial charge in [0, 0.05) is 31.6 Å². The molecular weight excluding hydrogens is 358 g/mol. The Morgan fingerprint density at radius 1 is 0.889 bits per heavy atom. The lowest BCUT2D eigenvalue weighted by atomic mass is 9.99. The van der Waals surface area contributed by atoms with Crippen molar-refractivity contribution in [3.63, 3.8) is 0 Å². The highest BCUT2D eigenvalue weighted by atomic mass is 32.2. The maximum atomic E-state index is 13.0. The molecule has 2 fully saturated rings. The number of fused-ring (bicyclic) bond motifs is 1. The smallest absolute Gasteiger partial charge is 0.243 e. The molecule has 0 spiro atoms. The van der Waals surface area contributed by atoms with Crippen LogP contribution in [0, 0.1) is 11.8 Å². The molecule has 0 amide bonds. The predicted molar refractivity (Wildman–Crippen MR) is 110 cm³/mol. The molecule has 2 aromatic rings. The first kappa shape index (κ1) is 18.7. The summed E-state index contributed by atoms with van der Waals surface area (Å²) < 4.78 is 27.6. The van der Waals surface area contributed by atoms with Crippen LogP contribution in [0.25, 0.3) is 10.9 Å². The minimum Gasteiger partial charge on any atom is -0.357 e. The van der Waals surface area contributed by atoms with E-state index in [2.05, 4.69) is 18.7 Å². The third-order valence-corrected chi connectivity index (χ3v) is 8.03. The average molecular weight is 388 g/mol. The summed E-state index contributed by atoms with van der Waals surface area (Å²) in [6, 6.07) is 9.37. The number of piperidine rings is 2. The zero-order valence-corrected chi connectivity index (χ0v) is 17.1. The van der Waals surface area contributed by atoms with Crippen LogP contribution in [0.1, 0.15) is 39.5 Å². The Morgan fingerprint density at radius 2 is 1.52 bits per heavy atom. The first-order valence-electron chi connectivity index (χ1n) is 10.1. The third-order valence-electron chi connectivity index (χ3n) is 6.13. The second-order valence-electron chi connectivity index (χ2n) is 8.28. The number of nitrogens with zero attached hydrogens (tertiary/aromatic N) is 3. The van der Waals surface area contributed by atoms with E-state index in [4.69, 9.17) is 4.98 Å². The van der Waals surface area contributed by atoms with E-state index in [9.17, 15) is 8.42 Å². The molecule has 0 atom stereocenters. The van der Waals surface area contributed by atoms with Crippen molar-refractivity contribution in [2.45, 2.75) is 44.4 Å². The third kappa shape index (κ3) is 3.83. The van der Waals surface area contributed by atoms with Crippen molar-refractivity contribution < 1.29 is 8.42 Å². The summed E-state index contributed by atoms with van der Waals surface area (Å²) >= 11 is 0. The van der Waals surface area contributed by atoms with Gasteiger partial charge in [-0.05, 0) is 67.9 Å². The predicted octanol–water partition coefficient (Wildman–Crippen LogP) is 3.89. The van der Waals surface area contributed by atoms with Crippen LogP contribution in [0.5, 0.6) is 0 Å². The van der Waals surface area contributed by atoms with Gasteiger partial charge < -0.3 is 4.90 Å². The van der Waals surface area contributed by atoms with E-state index in [0.29, 0.717) is 23.9 Å². The zero-order valence-electron chi connectivity index (χ0n) is 16.3. The van der Waals surface area contributed by atoms with Gasteiger partial charge in [-0.25, -0.2) is 13.4 Å². The van der Waals surface area contributed by atoms with Crippen molar-refractivity contribution in [3.8, 4) is 0 Å². The minimum atomic E-state index is -3.42. The largest absolute Gasteiger partial charge is 0.357 e. The Labute approximate surface area is 162 Å². The number of aromatic nitrogens is 1. The van der Waals surface area contributed by atoms with Gasteiger partial charge >= 0.3 is 0 Å². The highest BCUT2D eigenvalue weighted by Gasteiger charge is 2.28. The van der Waals surface area contributed by atoms with Gasteiger partial charge in [-0.3, -0.25) is 0 Å². The first-order valence-corrected chi connectivity index (χ1v) is 11.5. The second kappa shape index (κ2) is 7.40. The van der Waals surface area contributed by atoms with Gasteiger partial charge in [-0.1, -0.05) is 13.8 Å². The van der Waals surface area contributed by atoms with Gasteiger partial charge in [0.15, 0.2) is 0 Å². The number of sulfonamides is 1. The number of benzene rings is 1. The minimum absolute atomic E-state index is 0.380. The molecule has 1 aromatic heterocycles. The Morgan fingerprint density at radius 3 is 2.19 bits per heavy atom. The van der Waals surface area contributed by atoms with E-state index in [1.807, 2.05) is 18.2 Å². The summed E-state index contributed by atoms with van der Waals surface area (Å²) in [5.41, 5.74) is 0.859. The highest BCUT2D eigenvalue weighted by molar-refractivity contribution is 7.89. The first-order chi connectivity index (χ1) is 12.9. The van der Waals surface area contributed by atoms with Gasteiger partial charge in [0.25, 0.3) is 0 Å². The SMILES string of the molecule is CC1CCN(c2ccc3cc(S(=O)(=O)N4CCC(C)CC4)ccc3n2)CC1. The molecule has 1 aromatic carbocycles. The number of rotatable bonds is 3. The lowest BCUT2D eigenvalue weighted by Gasteiger charge is -2.31. The maximum absolute atomic E-state index is 13.0. The molecule has 5 nitrogen and oxygen atoms in total. The summed E-state index contributed by atoms with van der Waals surface area (Å²) in [4.78, 5) is 7.50. The molecule has 0 saturated carbocycles. The summed E-state index contributed by atoms with van der Waals surface area (Å²) in [6.45, 7) is 7.81. The van der Waals surface area contributed by atoms with E-state index in [0.717, 1.165) is 48.6 Å². The standard InChI is InChI=1S/C21H29N3O2S/c1-16-7-11-23(12-8-16)21-6-3-18-15-19(4-5-20(18)22-21)27(25,26)24-13-9-17(2)10-14-24/h3-6,15-17H,7-14H2,1-2H3. The van der Waals surface area contributed by atoms with E-state index in [1.54, 1.807) is 16.4 Å². The summed E-state index contributed by atoms with van der Waals surface area (Å²) in [5, 5.41) is 0.885. The molecule has 0 bridgehead atoms. The van der Waals surface area contributed by atoms with Crippen molar-refractivity contribution in [1.82, 2.24) is 9.29 Å². The molecule has 0 N–H and O–H groups in total. The Kier molecular flexibility index (Phi) is 5.12. The van der Waals surface area contributed by atoms with Gasteiger partial charge in [0.1, 0.15) is 5.82 Å². The van der Waals surface area contributed by atoms with Crippen LogP contribution in [0.3, 0.4) is 0 Å². The number of pyridine rings is 1. The fourth-order valence-corrected chi connectivity index (χ4v) is 5.55. The van der Waals surface area contributed by atoms with Gasteiger partial charge in [-0.15, -0.1) is 0 Å². The lowest BCUT2D eigenvalue weighted by Crippen LogP contribution is -2.37. The molecular formula is C21H29N3O2S. The van der Waals surface area contributed by atoms with Crippen LogP contribution in [-0.4, -0.2) is 43.9 Å². The van der Waals surface area contributed by atoms with E-state index in [-0.39, 0.29) is 0 Å². The van der Waals surface area contributed by atoms with Crippen LogP contribution in [0.15, 0.2) is 35.2 Å². The zero-order chi connectivity index (χ0) is 19.0. The second-order valence-corrected chi connectivity index (χ2v) is 10.2. The monoisotopic (exact) mass is 387 g/mol. The Hall–Kier alpha value is -1.66. The molecule has 2 saturated heterocycles. The van der Waals surface area contributed by atoms with Crippen molar-refractivity contribution in [1.29, 1.82) is 0 Å². The molecule has 3 heterocycles. The molecule has 4 rings (SSSR count). The number of hydrogen-bond acceptors (Lipinski definition) is 4. The lowest BCUT2D eigenvalue weighted by molar-refractivity contribution is 0.288. The highest BCUT2D eigenvalue weighted by Crippen LogP contribution is 2.27. The number of anilines is 1. The Balaban J connectivity index is 1.58. The quantitative estimate of drug-likeness (QED) is 0.802. The molecule has 27 heavy (non-hydrogen) atoms. The topological polar surface area (TPSA) is 53.5 Å². The average Bonchev–Trinajstić information content (AvgIpc) is 2.68.